The molecule has 0 aliphatic rings. The number of methoxy groups -OCH3 is 1. The van der Waals surface area contributed by atoms with Gasteiger partial charge in [-0.25, -0.2) is 0 Å². The molecule has 2 rings (SSSR count). The summed E-state index contributed by atoms with van der Waals surface area (Å²) in [4.78, 5) is 0. The standard InChI is InChI=1S/C14H15NO.BrH/c1-16-13-9-7-12(8-10-13)14(15)11-5-3-2-4-6-11;/h2-10,14H,15H2,1H3;1H. The average Bonchev–Trinajstić information content (AvgIpc) is 2.39. The van der Waals surface area contributed by atoms with Crippen molar-refractivity contribution in [2.75, 3.05) is 7.11 Å². The van der Waals surface area contributed by atoms with Crippen molar-refractivity contribution in [1.29, 1.82) is 0 Å². The van der Waals surface area contributed by atoms with Crippen molar-refractivity contribution in [3.05, 3.63) is 65.7 Å². The summed E-state index contributed by atoms with van der Waals surface area (Å²) in [6.45, 7) is 0. The first-order valence-corrected chi connectivity index (χ1v) is 5.26. The van der Waals surface area contributed by atoms with Gasteiger partial charge in [0.05, 0.1) is 13.2 Å². The fourth-order valence-electron chi connectivity index (χ4n) is 1.66. The molecule has 2 aromatic carbocycles. The molecule has 1 unspecified atom stereocenters. The molecule has 0 radical (unpaired) electrons. The fourth-order valence-corrected chi connectivity index (χ4v) is 1.66. The highest BCUT2D eigenvalue weighted by Gasteiger charge is 2.07. The van der Waals surface area contributed by atoms with Gasteiger partial charge >= 0.3 is 0 Å². The molecule has 0 spiro atoms. The zero-order chi connectivity index (χ0) is 11.4. The van der Waals surface area contributed by atoms with Crippen LogP contribution in [-0.2, 0) is 0 Å². The molecule has 17 heavy (non-hydrogen) atoms. The lowest BCUT2D eigenvalue weighted by Gasteiger charge is -2.12. The van der Waals surface area contributed by atoms with E-state index < -0.39 is 0 Å². The molecule has 0 aromatic heterocycles. The molecule has 0 fully saturated rings. The van der Waals surface area contributed by atoms with Crippen LogP contribution in [0.3, 0.4) is 0 Å². The molecule has 0 heterocycles. The average molecular weight is 294 g/mol. The Bertz CT molecular complexity index is 442. The first-order valence-electron chi connectivity index (χ1n) is 5.26. The molecule has 0 amide bonds. The number of nitrogens with two attached hydrogens (primary N) is 1. The quantitative estimate of drug-likeness (QED) is 0.942. The van der Waals surface area contributed by atoms with Gasteiger partial charge < -0.3 is 10.5 Å². The van der Waals surface area contributed by atoms with Gasteiger partial charge in [0, 0.05) is 0 Å². The number of benzene rings is 2. The van der Waals surface area contributed by atoms with Crippen molar-refractivity contribution in [3.63, 3.8) is 0 Å². The Morgan fingerprint density at radius 1 is 0.882 bits per heavy atom. The first kappa shape index (κ1) is 13.7. The molecular weight excluding hydrogens is 278 g/mol. The van der Waals surface area contributed by atoms with E-state index in [9.17, 15) is 0 Å². The van der Waals surface area contributed by atoms with E-state index in [1.807, 2.05) is 54.6 Å². The minimum absolute atomic E-state index is 0. The SMILES string of the molecule is Br.COc1ccc(C(N)c2ccccc2)cc1. The Balaban J connectivity index is 0.00000144. The molecule has 2 aromatic rings. The van der Waals surface area contributed by atoms with Gasteiger partial charge in [-0.15, -0.1) is 17.0 Å². The minimum Gasteiger partial charge on any atom is -0.497 e. The molecule has 90 valence electrons. The van der Waals surface area contributed by atoms with Crippen LogP contribution < -0.4 is 10.5 Å². The minimum atomic E-state index is -0.0768. The maximum absolute atomic E-state index is 6.17. The highest BCUT2D eigenvalue weighted by Crippen LogP contribution is 2.21. The first-order chi connectivity index (χ1) is 7.81. The number of hydrogen-bond donors (Lipinski definition) is 1. The van der Waals surface area contributed by atoms with Crippen LogP contribution in [0.15, 0.2) is 54.6 Å². The topological polar surface area (TPSA) is 35.2 Å². The van der Waals surface area contributed by atoms with Gasteiger partial charge in [-0.2, -0.15) is 0 Å². The monoisotopic (exact) mass is 293 g/mol. The molecule has 0 saturated carbocycles. The van der Waals surface area contributed by atoms with E-state index >= 15 is 0 Å². The third-order valence-corrected chi connectivity index (χ3v) is 2.63. The Morgan fingerprint density at radius 2 is 1.41 bits per heavy atom. The third kappa shape index (κ3) is 3.32. The maximum Gasteiger partial charge on any atom is 0.118 e. The molecule has 3 heteroatoms. The lowest BCUT2D eigenvalue weighted by atomic mass is 10.00. The second-order valence-corrected chi connectivity index (χ2v) is 3.66. The van der Waals surface area contributed by atoms with Crippen LogP contribution in [-0.4, -0.2) is 7.11 Å². The molecule has 0 bridgehead atoms. The van der Waals surface area contributed by atoms with E-state index in [4.69, 9.17) is 10.5 Å². The fraction of sp³-hybridized carbons (Fsp3) is 0.143. The van der Waals surface area contributed by atoms with E-state index in [1.54, 1.807) is 7.11 Å². The van der Waals surface area contributed by atoms with Crippen LogP contribution in [0.2, 0.25) is 0 Å². The van der Waals surface area contributed by atoms with Crippen molar-refractivity contribution < 1.29 is 4.74 Å². The van der Waals surface area contributed by atoms with Crippen molar-refractivity contribution in [2.24, 2.45) is 5.73 Å². The Hall–Kier alpha value is -1.32. The summed E-state index contributed by atoms with van der Waals surface area (Å²) >= 11 is 0. The predicted octanol–water partition coefficient (Wildman–Crippen LogP) is 3.32. The van der Waals surface area contributed by atoms with Crippen LogP contribution in [0.25, 0.3) is 0 Å². The molecule has 0 saturated heterocycles. The second-order valence-electron chi connectivity index (χ2n) is 3.66. The number of ether oxygens (including phenoxy) is 1. The Labute approximate surface area is 112 Å². The van der Waals surface area contributed by atoms with Crippen LogP contribution >= 0.6 is 17.0 Å². The molecular formula is C14H16BrNO. The summed E-state index contributed by atoms with van der Waals surface area (Å²) in [6, 6.07) is 17.8. The molecule has 0 aliphatic carbocycles. The summed E-state index contributed by atoms with van der Waals surface area (Å²) in [5.74, 6) is 0.851. The third-order valence-electron chi connectivity index (χ3n) is 2.63. The highest BCUT2D eigenvalue weighted by atomic mass is 79.9. The molecule has 0 aliphatic heterocycles. The van der Waals surface area contributed by atoms with Crippen LogP contribution in [0, 0.1) is 0 Å². The van der Waals surface area contributed by atoms with E-state index in [2.05, 4.69) is 0 Å². The van der Waals surface area contributed by atoms with Gasteiger partial charge in [0.1, 0.15) is 5.75 Å². The number of halogens is 1. The van der Waals surface area contributed by atoms with Crippen LogP contribution in [0.5, 0.6) is 5.75 Å². The van der Waals surface area contributed by atoms with Crippen molar-refractivity contribution in [1.82, 2.24) is 0 Å². The van der Waals surface area contributed by atoms with Crippen LogP contribution in [0.4, 0.5) is 0 Å². The van der Waals surface area contributed by atoms with Gasteiger partial charge in [0.25, 0.3) is 0 Å². The highest BCUT2D eigenvalue weighted by molar-refractivity contribution is 8.93. The summed E-state index contributed by atoms with van der Waals surface area (Å²) in [5.41, 5.74) is 8.38. The van der Waals surface area contributed by atoms with Gasteiger partial charge in [-0.1, -0.05) is 42.5 Å². The smallest absolute Gasteiger partial charge is 0.118 e. The van der Waals surface area contributed by atoms with Crippen molar-refractivity contribution in [2.45, 2.75) is 6.04 Å². The Morgan fingerprint density at radius 3 is 1.94 bits per heavy atom. The van der Waals surface area contributed by atoms with Gasteiger partial charge in [-0.05, 0) is 23.3 Å². The second kappa shape index (κ2) is 6.42. The van der Waals surface area contributed by atoms with Crippen molar-refractivity contribution in [3.8, 4) is 5.75 Å². The lowest BCUT2D eigenvalue weighted by Crippen LogP contribution is -2.11. The van der Waals surface area contributed by atoms with Gasteiger partial charge in [0.15, 0.2) is 0 Å². The van der Waals surface area contributed by atoms with Crippen molar-refractivity contribution >= 4 is 17.0 Å². The Kier molecular flexibility index (Phi) is 5.19. The van der Waals surface area contributed by atoms with E-state index in [0.717, 1.165) is 16.9 Å². The lowest BCUT2D eigenvalue weighted by molar-refractivity contribution is 0.414. The number of rotatable bonds is 3. The normalized spacial score (nSPS) is 11.4. The number of hydrogen-bond acceptors (Lipinski definition) is 2. The molecule has 2 nitrogen and oxygen atoms in total. The van der Waals surface area contributed by atoms with Gasteiger partial charge in [-0.3, -0.25) is 0 Å². The van der Waals surface area contributed by atoms with E-state index in [1.165, 1.54) is 0 Å². The zero-order valence-corrected chi connectivity index (χ0v) is 11.4. The predicted molar refractivity (Wildman–Crippen MR) is 75.8 cm³/mol. The van der Waals surface area contributed by atoms with Gasteiger partial charge in [0.2, 0.25) is 0 Å². The maximum atomic E-state index is 6.17. The summed E-state index contributed by atoms with van der Waals surface area (Å²) in [7, 11) is 1.66. The van der Waals surface area contributed by atoms with E-state index in [-0.39, 0.29) is 23.0 Å². The van der Waals surface area contributed by atoms with Crippen LogP contribution in [0.1, 0.15) is 17.2 Å². The molecule has 1 atom stereocenters. The van der Waals surface area contributed by atoms with E-state index in [0.29, 0.717) is 0 Å². The zero-order valence-electron chi connectivity index (χ0n) is 9.67. The molecule has 2 N–H and O–H groups in total. The summed E-state index contributed by atoms with van der Waals surface area (Å²) < 4.78 is 5.11. The summed E-state index contributed by atoms with van der Waals surface area (Å²) in [6.07, 6.45) is 0. The summed E-state index contributed by atoms with van der Waals surface area (Å²) in [5, 5.41) is 0. The largest absolute Gasteiger partial charge is 0.497 e.